The van der Waals surface area contributed by atoms with Crippen LogP contribution in [0.2, 0.25) is 0 Å². The monoisotopic (exact) mass is 361 g/mol. The van der Waals surface area contributed by atoms with Crippen LogP contribution < -0.4 is 16.0 Å². The molecule has 3 N–H and O–H groups in total. The van der Waals surface area contributed by atoms with E-state index in [1.807, 2.05) is 0 Å². The predicted molar refractivity (Wildman–Crippen MR) is 95.8 cm³/mol. The van der Waals surface area contributed by atoms with E-state index in [1.165, 1.54) is 15.3 Å². The largest absolute Gasteiger partial charge is 0.349 e. The molecule has 10 heteroatoms. The topological polar surface area (TPSA) is 123 Å². The highest BCUT2D eigenvalue weighted by Crippen LogP contribution is 2.11. The molecule has 2 rings (SSSR count). The Morgan fingerprint density at radius 3 is 2.27 bits per heavy atom. The Morgan fingerprint density at radius 1 is 1.08 bits per heavy atom. The van der Waals surface area contributed by atoms with Crippen molar-refractivity contribution in [2.24, 2.45) is 20.0 Å². The van der Waals surface area contributed by atoms with E-state index in [-0.39, 0.29) is 29.2 Å². The van der Waals surface area contributed by atoms with Crippen LogP contribution in [0.25, 0.3) is 0 Å². The van der Waals surface area contributed by atoms with Crippen LogP contribution >= 0.6 is 0 Å². The summed E-state index contributed by atoms with van der Waals surface area (Å²) >= 11 is 0. The molecule has 10 nitrogen and oxygen atoms in total. The van der Waals surface area contributed by atoms with Crippen molar-refractivity contribution in [1.82, 2.24) is 24.4 Å². The van der Waals surface area contributed by atoms with Crippen LogP contribution in [0.1, 0.15) is 41.5 Å². The lowest BCUT2D eigenvalue weighted by atomic mass is 10.1. The molecule has 0 saturated carbocycles. The maximum atomic E-state index is 12.3. The molecule has 2 aromatic rings. The number of amides is 3. The molecule has 0 saturated heterocycles. The third-order valence-corrected chi connectivity index (χ3v) is 3.61. The fourth-order valence-corrected chi connectivity index (χ4v) is 2.27. The molecule has 0 aliphatic heterocycles. The summed E-state index contributed by atoms with van der Waals surface area (Å²) < 4.78 is 3.02. The Labute approximate surface area is 151 Å². The van der Waals surface area contributed by atoms with Crippen molar-refractivity contribution in [2.75, 3.05) is 17.2 Å². The number of nitrogens with one attached hydrogen (secondary N) is 3. The van der Waals surface area contributed by atoms with Gasteiger partial charge in [-0.15, -0.1) is 0 Å². The van der Waals surface area contributed by atoms with Gasteiger partial charge in [0.1, 0.15) is 0 Å². The Morgan fingerprint density at radius 2 is 1.65 bits per heavy atom. The van der Waals surface area contributed by atoms with E-state index in [9.17, 15) is 14.4 Å². The second-order valence-corrected chi connectivity index (χ2v) is 6.28. The average Bonchev–Trinajstić information content (AvgIpc) is 3.10. The zero-order chi connectivity index (χ0) is 19.3. The molecule has 0 radical (unpaired) electrons. The fourth-order valence-electron chi connectivity index (χ4n) is 2.27. The van der Waals surface area contributed by atoms with Crippen LogP contribution in [0.4, 0.5) is 11.6 Å². The van der Waals surface area contributed by atoms with Crippen LogP contribution in [0.15, 0.2) is 12.4 Å². The van der Waals surface area contributed by atoms with Gasteiger partial charge in [-0.25, -0.2) is 9.97 Å². The summed E-state index contributed by atoms with van der Waals surface area (Å²) in [7, 11) is 3.30. The molecule has 0 fully saturated rings. The first kappa shape index (κ1) is 19.2. The third kappa shape index (κ3) is 4.68. The number of carbonyl (C=O) groups excluding carboxylic acids is 3. The van der Waals surface area contributed by atoms with Gasteiger partial charge in [0.05, 0.1) is 0 Å². The number of hydrogen-bond donors (Lipinski definition) is 3. The van der Waals surface area contributed by atoms with Crippen molar-refractivity contribution in [1.29, 1.82) is 0 Å². The van der Waals surface area contributed by atoms with E-state index in [1.54, 1.807) is 20.3 Å². The first-order valence-corrected chi connectivity index (χ1v) is 8.18. The molecule has 0 aliphatic carbocycles. The minimum Gasteiger partial charge on any atom is -0.349 e. The highest BCUT2D eigenvalue weighted by atomic mass is 16.2. The van der Waals surface area contributed by atoms with Gasteiger partial charge < -0.3 is 25.1 Å². The van der Waals surface area contributed by atoms with Crippen molar-refractivity contribution in [2.45, 2.75) is 20.3 Å². The minimum absolute atomic E-state index is 0.0999. The van der Waals surface area contributed by atoms with Gasteiger partial charge in [-0.1, -0.05) is 13.8 Å². The van der Waals surface area contributed by atoms with Gasteiger partial charge in [0.25, 0.3) is 11.8 Å². The van der Waals surface area contributed by atoms with E-state index in [4.69, 9.17) is 0 Å². The highest BCUT2D eigenvalue weighted by Gasteiger charge is 2.18. The van der Waals surface area contributed by atoms with E-state index in [0.29, 0.717) is 18.9 Å². The molecule has 0 atom stereocenters. The third-order valence-electron chi connectivity index (χ3n) is 3.61. The van der Waals surface area contributed by atoms with Crippen LogP contribution in [0.5, 0.6) is 0 Å². The van der Waals surface area contributed by atoms with Gasteiger partial charge in [0.15, 0.2) is 11.6 Å². The number of imidazole rings is 2. The SMILES string of the molecule is CC(C)CCNC(=O)c1nc(NC(=O)c2nc(NC=O)cn2C)cn1C. The van der Waals surface area contributed by atoms with Gasteiger partial charge >= 0.3 is 0 Å². The highest BCUT2D eigenvalue weighted by molar-refractivity contribution is 6.02. The van der Waals surface area contributed by atoms with E-state index in [2.05, 4.69) is 39.8 Å². The van der Waals surface area contributed by atoms with E-state index < -0.39 is 5.91 Å². The smallest absolute Gasteiger partial charge is 0.292 e. The molecule has 0 spiro atoms. The van der Waals surface area contributed by atoms with Crippen molar-refractivity contribution >= 4 is 29.9 Å². The Kier molecular flexibility index (Phi) is 6.10. The normalized spacial score (nSPS) is 10.7. The van der Waals surface area contributed by atoms with Crippen molar-refractivity contribution in [3.05, 3.63) is 24.0 Å². The molecular weight excluding hydrogens is 338 g/mol. The molecule has 0 aliphatic rings. The van der Waals surface area contributed by atoms with Crippen LogP contribution in [-0.4, -0.2) is 43.9 Å². The zero-order valence-electron chi connectivity index (χ0n) is 15.2. The second-order valence-electron chi connectivity index (χ2n) is 6.28. The van der Waals surface area contributed by atoms with Crippen molar-refractivity contribution < 1.29 is 14.4 Å². The van der Waals surface area contributed by atoms with Crippen LogP contribution in [-0.2, 0) is 18.9 Å². The summed E-state index contributed by atoms with van der Waals surface area (Å²) in [6, 6.07) is 0. The first-order chi connectivity index (χ1) is 12.3. The Bertz CT molecular complexity index is 807. The summed E-state index contributed by atoms with van der Waals surface area (Å²) in [5.41, 5.74) is 0. The molecule has 3 amide bonds. The number of aromatic nitrogens is 4. The number of anilines is 2. The summed E-state index contributed by atoms with van der Waals surface area (Å²) in [6.45, 7) is 4.72. The number of aryl methyl sites for hydroxylation is 2. The van der Waals surface area contributed by atoms with Gasteiger partial charge in [0.2, 0.25) is 18.1 Å². The molecule has 0 bridgehead atoms. The standard InChI is InChI=1S/C16H23N7O3/c1-10(2)5-6-17-15(25)13-20-12(8-23(13)4)21-16(26)14-19-11(18-9-24)7-22(14)3/h7-10H,5-6H2,1-4H3,(H,17,25)(H,18,24)(H,21,26). The first-order valence-electron chi connectivity index (χ1n) is 8.18. The lowest BCUT2D eigenvalue weighted by Crippen LogP contribution is -2.27. The fraction of sp³-hybridized carbons (Fsp3) is 0.438. The van der Waals surface area contributed by atoms with Gasteiger partial charge in [-0.3, -0.25) is 14.4 Å². The predicted octanol–water partition coefficient (Wildman–Crippen LogP) is 0.750. The summed E-state index contributed by atoms with van der Waals surface area (Å²) in [6.07, 6.45) is 4.40. The van der Waals surface area contributed by atoms with Crippen LogP contribution in [0.3, 0.4) is 0 Å². The lowest BCUT2D eigenvalue weighted by Gasteiger charge is -2.06. The average molecular weight is 361 g/mol. The van der Waals surface area contributed by atoms with Crippen molar-refractivity contribution in [3.63, 3.8) is 0 Å². The lowest BCUT2D eigenvalue weighted by molar-refractivity contribution is -0.105. The van der Waals surface area contributed by atoms with E-state index >= 15 is 0 Å². The number of nitrogens with zero attached hydrogens (tertiary/aromatic N) is 4. The Hall–Kier alpha value is -3.17. The number of hydrogen-bond acceptors (Lipinski definition) is 5. The number of carbonyl (C=O) groups is 3. The Balaban J connectivity index is 2.05. The summed E-state index contributed by atoms with van der Waals surface area (Å²) in [5.74, 6) is 0.482. The molecule has 140 valence electrons. The zero-order valence-corrected chi connectivity index (χ0v) is 15.2. The molecule has 2 aromatic heterocycles. The maximum absolute atomic E-state index is 12.3. The second kappa shape index (κ2) is 8.28. The molecule has 2 heterocycles. The summed E-state index contributed by atoms with van der Waals surface area (Å²) in [4.78, 5) is 43.1. The van der Waals surface area contributed by atoms with E-state index in [0.717, 1.165) is 6.42 Å². The van der Waals surface area contributed by atoms with Gasteiger partial charge in [0, 0.05) is 33.0 Å². The molecular formula is C16H23N7O3. The quantitative estimate of drug-likeness (QED) is 0.599. The number of rotatable bonds is 8. The molecule has 0 unspecified atom stereocenters. The molecule has 0 aromatic carbocycles. The van der Waals surface area contributed by atoms with Crippen LogP contribution in [0, 0.1) is 5.92 Å². The minimum atomic E-state index is -0.503. The van der Waals surface area contributed by atoms with Gasteiger partial charge in [-0.2, -0.15) is 0 Å². The summed E-state index contributed by atoms with van der Waals surface area (Å²) in [5, 5.41) is 7.78. The van der Waals surface area contributed by atoms with Crippen molar-refractivity contribution in [3.8, 4) is 0 Å². The molecule has 26 heavy (non-hydrogen) atoms. The maximum Gasteiger partial charge on any atom is 0.292 e. The van der Waals surface area contributed by atoms with Gasteiger partial charge in [-0.05, 0) is 12.3 Å².